The first-order chi connectivity index (χ1) is 9.58. The van der Waals surface area contributed by atoms with Crippen molar-refractivity contribution in [2.75, 3.05) is 37.6 Å². The van der Waals surface area contributed by atoms with Gasteiger partial charge in [-0.1, -0.05) is 25.4 Å². The van der Waals surface area contributed by atoms with Gasteiger partial charge in [-0.25, -0.2) is 0 Å². The predicted octanol–water partition coefficient (Wildman–Crippen LogP) is 2.41. The normalized spacial score (nSPS) is 17.5. The molecule has 1 aliphatic rings. The standard InChI is InChI=1S/C15H24ClN3O/c1-3-15(20,4-2)12-18-7-9-19(10-8-18)14-5-6-17-11-13(14)16/h5-6,11,20H,3-4,7-10,12H2,1-2H3. The molecule has 0 unspecified atom stereocenters. The molecule has 1 N–H and O–H groups in total. The molecule has 1 aromatic heterocycles. The summed E-state index contributed by atoms with van der Waals surface area (Å²) in [6, 6.07) is 1.96. The van der Waals surface area contributed by atoms with E-state index in [-0.39, 0.29) is 0 Å². The topological polar surface area (TPSA) is 39.6 Å². The monoisotopic (exact) mass is 297 g/mol. The van der Waals surface area contributed by atoms with Gasteiger partial charge >= 0.3 is 0 Å². The van der Waals surface area contributed by atoms with Crippen LogP contribution in [-0.4, -0.2) is 53.3 Å². The second-order valence-electron chi connectivity index (χ2n) is 5.52. The highest BCUT2D eigenvalue weighted by Gasteiger charge is 2.28. The molecule has 0 radical (unpaired) electrons. The van der Waals surface area contributed by atoms with Crippen LogP contribution in [0.2, 0.25) is 5.02 Å². The highest BCUT2D eigenvalue weighted by atomic mass is 35.5. The van der Waals surface area contributed by atoms with E-state index in [0.717, 1.165) is 51.3 Å². The summed E-state index contributed by atoms with van der Waals surface area (Å²) in [6.07, 6.45) is 5.08. The van der Waals surface area contributed by atoms with Crippen LogP contribution >= 0.6 is 11.6 Å². The van der Waals surface area contributed by atoms with Crippen molar-refractivity contribution in [3.8, 4) is 0 Å². The first-order valence-corrected chi connectivity index (χ1v) is 7.75. The Labute approximate surface area is 126 Å². The number of aromatic nitrogens is 1. The number of hydrogen-bond acceptors (Lipinski definition) is 4. The lowest BCUT2D eigenvalue weighted by Gasteiger charge is -2.40. The van der Waals surface area contributed by atoms with Crippen molar-refractivity contribution in [3.05, 3.63) is 23.5 Å². The number of β-amino-alcohol motifs (C(OH)–C–C–N with tert-alkyl or cyclic N) is 1. The molecular weight excluding hydrogens is 274 g/mol. The van der Waals surface area contributed by atoms with Crippen LogP contribution < -0.4 is 4.90 Å². The van der Waals surface area contributed by atoms with Crippen molar-refractivity contribution in [1.82, 2.24) is 9.88 Å². The lowest BCUT2D eigenvalue weighted by Crippen LogP contribution is -2.51. The Morgan fingerprint density at radius 3 is 2.45 bits per heavy atom. The summed E-state index contributed by atoms with van der Waals surface area (Å²) in [4.78, 5) is 8.66. The molecule has 0 amide bonds. The second-order valence-corrected chi connectivity index (χ2v) is 5.93. The maximum atomic E-state index is 10.4. The van der Waals surface area contributed by atoms with Crippen molar-refractivity contribution in [2.24, 2.45) is 0 Å². The molecule has 0 atom stereocenters. The van der Waals surface area contributed by atoms with Crippen LogP contribution in [0.25, 0.3) is 0 Å². The van der Waals surface area contributed by atoms with Crippen LogP contribution in [0.1, 0.15) is 26.7 Å². The van der Waals surface area contributed by atoms with E-state index < -0.39 is 5.60 Å². The second kappa shape index (κ2) is 6.74. The molecule has 4 nitrogen and oxygen atoms in total. The molecule has 1 aliphatic heterocycles. The zero-order chi connectivity index (χ0) is 14.6. The van der Waals surface area contributed by atoms with Gasteiger partial charge in [-0.05, 0) is 18.9 Å². The highest BCUT2D eigenvalue weighted by molar-refractivity contribution is 6.33. The van der Waals surface area contributed by atoms with Crippen LogP contribution in [0.5, 0.6) is 0 Å². The Morgan fingerprint density at radius 1 is 1.25 bits per heavy atom. The molecule has 0 aliphatic carbocycles. The van der Waals surface area contributed by atoms with Gasteiger partial charge in [0, 0.05) is 45.1 Å². The van der Waals surface area contributed by atoms with E-state index in [9.17, 15) is 5.11 Å². The number of pyridine rings is 1. The van der Waals surface area contributed by atoms with Crippen LogP contribution in [0, 0.1) is 0 Å². The van der Waals surface area contributed by atoms with Crippen LogP contribution in [-0.2, 0) is 0 Å². The van der Waals surface area contributed by atoms with Crippen LogP contribution in [0.3, 0.4) is 0 Å². The van der Waals surface area contributed by atoms with E-state index in [4.69, 9.17) is 11.6 Å². The van der Waals surface area contributed by atoms with Gasteiger partial charge in [0.2, 0.25) is 0 Å². The highest BCUT2D eigenvalue weighted by Crippen LogP contribution is 2.25. The van der Waals surface area contributed by atoms with Gasteiger partial charge in [0.05, 0.1) is 16.3 Å². The fraction of sp³-hybridized carbons (Fsp3) is 0.667. The summed E-state index contributed by atoms with van der Waals surface area (Å²) in [6.45, 7) is 8.66. The third kappa shape index (κ3) is 3.62. The third-order valence-corrected chi connectivity index (χ3v) is 4.59. The molecule has 0 bridgehead atoms. The van der Waals surface area contributed by atoms with Gasteiger partial charge in [-0.15, -0.1) is 0 Å². The number of anilines is 1. The van der Waals surface area contributed by atoms with Gasteiger partial charge in [0.25, 0.3) is 0 Å². The van der Waals surface area contributed by atoms with E-state index in [1.807, 2.05) is 6.07 Å². The van der Waals surface area contributed by atoms with E-state index >= 15 is 0 Å². The Morgan fingerprint density at radius 2 is 1.90 bits per heavy atom. The predicted molar refractivity (Wildman–Crippen MR) is 83.4 cm³/mol. The van der Waals surface area contributed by atoms with Gasteiger partial charge < -0.3 is 10.0 Å². The molecule has 2 heterocycles. The first kappa shape index (κ1) is 15.5. The lowest BCUT2D eigenvalue weighted by atomic mass is 9.96. The number of hydrogen-bond donors (Lipinski definition) is 1. The molecule has 112 valence electrons. The molecule has 1 fully saturated rings. The molecule has 5 heteroatoms. The van der Waals surface area contributed by atoms with Crippen LogP contribution in [0.15, 0.2) is 18.5 Å². The summed E-state index contributed by atoms with van der Waals surface area (Å²) in [5.41, 5.74) is 0.513. The zero-order valence-corrected chi connectivity index (χ0v) is 13.1. The average Bonchev–Trinajstić information content (AvgIpc) is 2.49. The zero-order valence-electron chi connectivity index (χ0n) is 12.3. The maximum absolute atomic E-state index is 10.4. The Balaban J connectivity index is 1.91. The number of nitrogens with zero attached hydrogens (tertiary/aromatic N) is 3. The van der Waals surface area contributed by atoms with E-state index in [1.54, 1.807) is 12.4 Å². The smallest absolute Gasteiger partial charge is 0.0822 e. The molecule has 20 heavy (non-hydrogen) atoms. The summed E-state index contributed by atoms with van der Waals surface area (Å²) < 4.78 is 0. The van der Waals surface area contributed by atoms with Crippen molar-refractivity contribution >= 4 is 17.3 Å². The van der Waals surface area contributed by atoms with Crippen molar-refractivity contribution < 1.29 is 5.11 Å². The molecular formula is C15H24ClN3O. The van der Waals surface area contributed by atoms with Crippen molar-refractivity contribution in [1.29, 1.82) is 0 Å². The minimum Gasteiger partial charge on any atom is -0.389 e. The van der Waals surface area contributed by atoms with Crippen molar-refractivity contribution in [2.45, 2.75) is 32.3 Å². The van der Waals surface area contributed by atoms with Gasteiger partial charge in [0.15, 0.2) is 0 Å². The van der Waals surface area contributed by atoms with Gasteiger partial charge in [0.1, 0.15) is 0 Å². The lowest BCUT2D eigenvalue weighted by molar-refractivity contribution is -0.00455. The Bertz CT molecular complexity index is 429. The fourth-order valence-electron chi connectivity index (χ4n) is 2.66. The number of rotatable bonds is 5. The Kier molecular flexibility index (Phi) is 5.24. The minimum atomic E-state index is -0.545. The van der Waals surface area contributed by atoms with E-state index in [0.29, 0.717) is 5.02 Å². The van der Waals surface area contributed by atoms with Crippen molar-refractivity contribution in [3.63, 3.8) is 0 Å². The maximum Gasteiger partial charge on any atom is 0.0822 e. The van der Waals surface area contributed by atoms with E-state index in [1.165, 1.54) is 0 Å². The number of aliphatic hydroxyl groups is 1. The third-order valence-electron chi connectivity index (χ3n) is 4.30. The molecule has 0 aromatic carbocycles. The van der Waals surface area contributed by atoms with Gasteiger partial charge in [-0.2, -0.15) is 0 Å². The average molecular weight is 298 g/mol. The summed E-state index contributed by atoms with van der Waals surface area (Å²) in [5, 5.41) is 11.1. The molecule has 1 saturated heterocycles. The molecule has 2 rings (SSSR count). The number of piperazine rings is 1. The van der Waals surface area contributed by atoms with Gasteiger partial charge in [-0.3, -0.25) is 9.88 Å². The SMILES string of the molecule is CCC(O)(CC)CN1CCN(c2ccncc2Cl)CC1. The first-order valence-electron chi connectivity index (χ1n) is 7.37. The molecule has 0 saturated carbocycles. The summed E-state index contributed by atoms with van der Waals surface area (Å²) in [5.74, 6) is 0. The molecule has 0 spiro atoms. The molecule has 1 aromatic rings. The minimum absolute atomic E-state index is 0.545. The summed E-state index contributed by atoms with van der Waals surface area (Å²) in [7, 11) is 0. The largest absolute Gasteiger partial charge is 0.389 e. The van der Waals surface area contributed by atoms with E-state index in [2.05, 4.69) is 28.6 Å². The fourth-order valence-corrected chi connectivity index (χ4v) is 2.90. The number of halogens is 1. The Hall–Kier alpha value is -0.840. The quantitative estimate of drug-likeness (QED) is 0.906. The summed E-state index contributed by atoms with van der Waals surface area (Å²) >= 11 is 6.19. The van der Waals surface area contributed by atoms with Crippen LogP contribution in [0.4, 0.5) is 5.69 Å².